The van der Waals surface area contributed by atoms with Crippen LogP contribution in [0.3, 0.4) is 0 Å². The molecule has 0 aliphatic heterocycles. The molecule has 3 aromatic rings. The summed E-state index contributed by atoms with van der Waals surface area (Å²) in [4.78, 5) is 24.4. The van der Waals surface area contributed by atoms with E-state index in [4.69, 9.17) is 51.1 Å². The van der Waals surface area contributed by atoms with Crippen LogP contribution in [-0.4, -0.2) is 18.4 Å². The summed E-state index contributed by atoms with van der Waals surface area (Å²) in [5.41, 5.74) is 1.18. The van der Waals surface area contributed by atoms with Crippen LogP contribution in [0, 0.1) is 0 Å². The lowest BCUT2D eigenvalue weighted by atomic mass is 10.2. The molecule has 0 radical (unpaired) electrons. The highest BCUT2D eigenvalue weighted by Crippen LogP contribution is 2.27. The van der Waals surface area contributed by atoms with E-state index in [0.29, 0.717) is 42.8 Å². The van der Waals surface area contributed by atoms with Crippen molar-refractivity contribution >= 4 is 69.6 Å². The molecular weight excluding hydrogens is 470 g/mol. The number of hydrogen-bond acceptors (Lipinski definition) is 3. The van der Waals surface area contributed by atoms with Gasteiger partial charge in [0.2, 0.25) is 0 Å². The lowest BCUT2D eigenvalue weighted by molar-refractivity contribution is -0.118. The predicted octanol–water partition coefficient (Wildman–Crippen LogP) is 6.57. The molecule has 0 atom stereocenters. The van der Waals surface area contributed by atoms with Crippen molar-refractivity contribution in [2.45, 2.75) is 0 Å². The van der Waals surface area contributed by atoms with Crippen LogP contribution >= 0.6 is 46.4 Å². The quantitative estimate of drug-likeness (QED) is 0.416. The first-order valence-electron chi connectivity index (χ1n) is 8.56. The summed E-state index contributed by atoms with van der Waals surface area (Å²) in [6, 6.07) is 15.8. The largest absolute Gasteiger partial charge is 0.484 e. The molecule has 2 N–H and O–H groups in total. The second-order valence-electron chi connectivity index (χ2n) is 6.06. The summed E-state index contributed by atoms with van der Waals surface area (Å²) in [5, 5.41) is 6.95. The Hall–Kier alpha value is -2.44. The molecule has 0 aliphatic rings. The number of benzene rings is 3. The van der Waals surface area contributed by atoms with Gasteiger partial charge >= 0.3 is 0 Å². The van der Waals surface area contributed by atoms with Crippen molar-refractivity contribution in [1.82, 2.24) is 0 Å². The van der Waals surface area contributed by atoms with Gasteiger partial charge in [0.15, 0.2) is 6.61 Å². The van der Waals surface area contributed by atoms with Crippen LogP contribution < -0.4 is 15.4 Å². The minimum absolute atomic E-state index is 0.244. The predicted molar refractivity (Wildman–Crippen MR) is 121 cm³/mol. The smallest absolute Gasteiger partial charge is 0.262 e. The van der Waals surface area contributed by atoms with Crippen molar-refractivity contribution in [3.05, 3.63) is 86.3 Å². The maximum atomic E-state index is 12.4. The summed E-state index contributed by atoms with van der Waals surface area (Å²) >= 11 is 23.9. The van der Waals surface area contributed by atoms with Gasteiger partial charge < -0.3 is 15.4 Å². The molecule has 0 unspecified atom stereocenters. The molecule has 3 rings (SSSR count). The van der Waals surface area contributed by atoms with Crippen molar-refractivity contribution in [2.75, 3.05) is 17.2 Å². The first-order valence-corrected chi connectivity index (χ1v) is 10.1. The highest BCUT2D eigenvalue weighted by molar-refractivity contribution is 6.36. The second-order valence-corrected chi connectivity index (χ2v) is 7.75. The van der Waals surface area contributed by atoms with Crippen molar-refractivity contribution in [2.24, 2.45) is 0 Å². The van der Waals surface area contributed by atoms with Gasteiger partial charge in [-0.15, -0.1) is 0 Å². The molecule has 154 valence electrons. The molecule has 5 nitrogen and oxygen atoms in total. The number of anilines is 2. The average Bonchev–Trinajstić information content (AvgIpc) is 2.72. The molecule has 0 saturated heterocycles. The fraction of sp³-hybridized carbons (Fsp3) is 0.0476. The Labute approximate surface area is 192 Å². The number of hydrogen-bond donors (Lipinski definition) is 2. The third-order valence-corrected chi connectivity index (χ3v) is 4.99. The Morgan fingerprint density at radius 1 is 0.733 bits per heavy atom. The molecule has 0 aromatic heterocycles. The molecule has 0 aliphatic carbocycles. The summed E-state index contributed by atoms with van der Waals surface area (Å²) in [6.45, 7) is -0.244. The van der Waals surface area contributed by atoms with Crippen molar-refractivity contribution in [1.29, 1.82) is 0 Å². The van der Waals surface area contributed by atoms with Gasteiger partial charge in [-0.25, -0.2) is 0 Å². The van der Waals surface area contributed by atoms with E-state index in [-0.39, 0.29) is 12.5 Å². The number of amides is 2. The Balaban J connectivity index is 1.56. The molecule has 30 heavy (non-hydrogen) atoms. The van der Waals surface area contributed by atoms with E-state index in [9.17, 15) is 9.59 Å². The first kappa shape index (κ1) is 22.2. The SMILES string of the molecule is O=C(COc1ccc(C(=O)Nc2cc(Cl)ccc2Cl)cc1)Nc1cc(Cl)ccc1Cl. The second kappa shape index (κ2) is 10.0. The summed E-state index contributed by atoms with van der Waals surface area (Å²) in [7, 11) is 0. The summed E-state index contributed by atoms with van der Waals surface area (Å²) in [6.07, 6.45) is 0. The zero-order chi connectivity index (χ0) is 21.7. The van der Waals surface area contributed by atoms with Gasteiger partial charge in [-0.2, -0.15) is 0 Å². The topological polar surface area (TPSA) is 67.4 Å². The monoisotopic (exact) mass is 482 g/mol. The van der Waals surface area contributed by atoms with Gasteiger partial charge in [0.1, 0.15) is 5.75 Å². The van der Waals surface area contributed by atoms with Gasteiger partial charge in [0, 0.05) is 15.6 Å². The Kier molecular flexibility index (Phi) is 7.45. The number of nitrogens with one attached hydrogen (secondary N) is 2. The molecule has 0 saturated carbocycles. The Bertz CT molecular complexity index is 1090. The van der Waals surface area contributed by atoms with E-state index in [0.717, 1.165) is 0 Å². The van der Waals surface area contributed by atoms with E-state index in [1.807, 2.05) is 0 Å². The number of halogens is 4. The Morgan fingerprint density at radius 2 is 1.27 bits per heavy atom. The van der Waals surface area contributed by atoms with E-state index in [1.165, 1.54) is 0 Å². The Morgan fingerprint density at radius 3 is 1.83 bits per heavy atom. The van der Waals surface area contributed by atoms with E-state index in [1.54, 1.807) is 60.7 Å². The standard InChI is InChI=1S/C21H14Cl4N2O3/c22-13-3-7-16(24)18(9-13)26-20(28)11-30-15-5-1-12(2-6-15)21(29)27-19-10-14(23)4-8-17(19)25/h1-10H,11H2,(H,26,28)(H,27,29). The van der Waals surface area contributed by atoms with Gasteiger partial charge in [0.25, 0.3) is 11.8 Å². The molecule has 2 amide bonds. The van der Waals surface area contributed by atoms with Crippen LogP contribution in [-0.2, 0) is 4.79 Å². The van der Waals surface area contributed by atoms with Crippen LogP contribution in [0.5, 0.6) is 5.75 Å². The zero-order valence-electron chi connectivity index (χ0n) is 15.2. The van der Waals surface area contributed by atoms with Crippen molar-refractivity contribution in [3.63, 3.8) is 0 Å². The van der Waals surface area contributed by atoms with Gasteiger partial charge in [-0.1, -0.05) is 46.4 Å². The third kappa shape index (κ3) is 6.03. The minimum Gasteiger partial charge on any atom is -0.484 e. The lowest BCUT2D eigenvalue weighted by Gasteiger charge is -2.10. The molecule has 9 heteroatoms. The van der Waals surface area contributed by atoms with E-state index >= 15 is 0 Å². The van der Waals surface area contributed by atoms with E-state index in [2.05, 4.69) is 10.6 Å². The van der Waals surface area contributed by atoms with Crippen LogP contribution in [0.25, 0.3) is 0 Å². The molecule has 0 heterocycles. The normalized spacial score (nSPS) is 10.4. The maximum absolute atomic E-state index is 12.4. The number of ether oxygens (including phenoxy) is 1. The molecule has 3 aromatic carbocycles. The number of rotatable bonds is 6. The maximum Gasteiger partial charge on any atom is 0.262 e. The minimum atomic E-state index is -0.406. The fourth-order valence-corrected chi connectivity index (χ4v) is 3.09. The van der Waals surface area contributed by atoms with Crippen LogP contribution in [0.4, 0.5) is 11.4 Å². The average molecular weight is 484 g/mol. The lowest BCUT2D eigenvalue weighted by Crippen LogP contribution is -2.20. The number of carbonyl (C=O) groups excluding carboxylic acids is 2. The van der Waals surface area contributed by atoms with E-state index < -0.39 is 5.91 Å². The molecule has 0 fully saturated rings. The van der Waals surface area contributed by atoms with Gasteiger partial charge in [-0.05, 0) is 60.7 Å². The van der Waals surface area contributed by atoms with Gasteiger partial charge in [-0.3, -0.25) is 9.59 Å². The highest BCUT2D eigenvalue weighted by Gasteiger charge is 2.11. The molecule has 0 bridgehead atoms. The third-order valence-electron chi connectivity index (χ3n) is 3.87. The fourth-order valence-electron chi connectivity index (χ4n) is 2.42. The molecular formula is C21H14Cl4N2O3. The van der Waals surface area contributed by atoms with Gasteiger partial charge in [0.05, 0.1) is 21.4 Å². The number of carbonyl (C=O) groups is 2. The van der Waals surface area contributed by atoms with Crippen LogP contribution in [0.2, 0.25) is 20.1 Å². The summed E-state index contributed by atoms with van der Waals surface area (Å²) in [5.74, 6) is -0.352. The van der Waals surface area contributed by atoms with Crippen LogP contribution in [0.1, 0.15) is 10.4 Å². The highest BCUT2D eigenvalue weighted by atomic mass is 35.5. The zero-order valence-corrected chi connectivity index (χ0v) is 18.2. The van der Waals surface area contributed by atoms with Crippen molar-refractivity contribution in [3.8, 4) is 5.75 Å². The summed E-state index contributed by atoms with van der Waals surface area (Å²) < 4.78 is 5.44. The van der Waals surface area contributed by atoms with Crippen LogP contribution in [0.15, 0.2) is 60.7 Å². The molecule has 0 spiro atoms. The van der Waals surface area contributed by atoms with Crippen molar-refractivity contribution < 1.29 is 14.3 Å². The first-order chi connectivity index (χ1) is 14.3.